The molecular formula is C23H39IN4O2. The van der Waals surface area contributed by atoms with Crippen molar-refractivity contribution in [2.24, 2.45) is 10.9 Å². The number of nitrogens with zero attached hydrogens (tertiary/aromatic N) is 3. The molecule has 6 nitrogen and oxygen atoms in total. The molecule has 2 unspecified atom stereocenters. The van der Waals surface area contributed by atoms with Crippen LogP contribution in [0.1, 0.15) is 50.7 Å². The predicted octanol–water partition coefficient (Wildman–Crippen LogP) is 3.76. The van der Waals surface area contributed by atoms with Gasteiger partial charge >= 0.3 is 0 Å². The van der Waals surface area contributed by atoms with Crippen LogP contribution in [0.5, 0.6) is 0 Å². The molecule has 3 aliphatic heterocycles. The Kier molecular flexibility index (Phi) is 10.3. The molecule has 3 aliphatic rings. The summed E-state index contributed by atoms with van der Waals surface area (Å²) < 4.78 is 11.4. The molecule has 1 aromatic rings. The highest BCUT2D eigenvalue weighted by Gasteiger charge is 2.27. The van der Waals surface area contributed by atoms with Gasteiger partial charge in [0.25, 0.3) is 0 Å². The van der Waals surface area contributed by atoms with Gasteiger partial charge in [0.15, 0.2) is 5.96 Å². The van der Waals surface area contributed by atoms with E-state index in [9.17, 15) is 0 Å². The number of guanidine groups is 1. The molecule has 3 saturated heterocycles. The first-order chi connectivity index (χ1) is 14.4. The fourth-order valence-corrected chi connectivity index (χ4v) is 4.84. The Morgan fingerprint density at radius 2 is 2.00 bits per heavy atom. The van der Waals surface area contributed by atoms with Gasteiger partial charge in [0.2, 0.25) is 0 Å². The molecule has 2 atom stereocenters. The van der Waals surface area contributed by atoms with Crippen molar-refractivity contribution in [3.63, 3.8) is 0 Å². The molecule has 0 amide bonds. The average molecular weight is 530 g/mol. The Morgan fingerprint density at radius 1 is 1.10 bits per heavy atom. The van der Waals surface area contributed by atoms with Crippen molar-refractivity contribution in [2.45, 2.75) is 57.5 Å². The van der Waals surface area contributed by atoms with Crippen LogP contribution in [-0.2, 0) is 11.2 Å². The molecule has 1 aromatic heterocycles. The number of piperidine rings is 1. The van der Waals surface area contributed by atoms with Gasteiger partial charge < -0.3 is 24.3 Å². The van der Waals surface area contributed by atoms with E-state index in [-0.39, 0.29) is 30.1 Å². The van der Waals surface area contributed by atoms with Crippen LogP contribution in [0.15, 0.2) is 27.8 Å². The van der Waals surface area contributed by atoms with Crippen molar-refractivity contribution >= 4 is 29.9 Å². The Morgan fingerprint density at radius 3 is 2.77 bits per heavy atom. The van der Waals surface area contributed by atoms with E-state index in [1.54, 1.807) is 6.26 Å². The molecule has 4 heterocycles. The predicted molar refractivity (Wildman–Crippen MR) is 132 cm³/mol. The first kappa shape index (κ1) is 23.9. The second-order valence-corrected chi connectivity index (χ2v) is 8.87. The molecule has 0 bridgehead atoms. The first-order valence-corrected chi connectivity index (χ1v) is 11.8. The fourth-order valence-electron chi connectivity index (χ4n) is 4.84. The zero-order valence-electron chi connectivity index (χ0n) is 18.3. The maximum Gasteiger partial charge on any atom is 0.194 e. The molecule has 0 radical (unpaired) electrons. The van der Waals surface area contributed by atoms with Gasteiger partial charge in [-0.25, -0.2) is 0 Å². The monoisotopic (exact) mass is 530 g/mol. The molecule has 30 heavy (non-hydrogen) atoms. The number of nitrogens with one attached hydrogen (secondary N) is 1. The second kappa shape index (κ2) is 12.9. The number of likely N-dealkylation sites (tertiary alicyclic amines) is 2. The Balaban J connectivity index is 0.00000256. The molecule has 3 fully saturated rings. The minimum atomic E-state index is 0. The van der Waals surface area contributed by atoms with Crippen LogP contribution in [0.3, 0.4) is 0 Å². The smallest absolute Gasteiger partial charge is 0.194 e. The number of hydrogen-bond donors (Lipinski definition) is 1. The Hall–Kier alpha value is -0.800. The number of ether oxygens (including phenoxy) is 1. The summed E-state index contributed by atoms with van der Waals surface area (Å²) in [6, 6.07) is 4.00. The molecular weight excluding hydrogens is 491 g/mol. The standard InChI is InChI=1S/C23H38N4O2.HI/c1-3-12-26(13-4-1)18-20-10-14-27(19-20)23(24-11-9-21-8-6-16-28-21)25-17-22-7-2-5-15-29-22;/h6,8,16,20,22H,1-5,7,9-15,17-19H2,(H,24,25);1H. The number of aliphatic imine (C=N–C) groups is 1. The molecule has 0 saturated carbocycles. The van der Waals surface area contributed by atoms with E-state index in [0.29, 0.717) is 0 Å². The van der Waals surface area contributed by atoms with E-state index < -0.39 is 0 Å². The lowest BCUT2D eigenvalue weighted by atomic mass is 10.1. The van der Waals surface area contributed by atoms with Gasteiger partial charge in [-0.05, 0) is 69.7 Å². The normalized spacial score (nSPS) is 25.9. The number of furan rings is 1. The molecule has 170 valence electrons. The number of hydrogen-bond acceptors (Lipinski definition) is 4. The van der Waals surface area contributed by atoms with Crippen molar-refractivity contribution in [2.75, 3.05) is 52.4 Å². The quantitative estimate of drug-likeness (QED) is 0.331. The van der Waals surface area contributed by atoms with Crippen molar-refractivity contribution in [3.05, 3.63) is 24.2 Å². The summed E-state index contributed by atoms with van der Waals surface area (Å²) in [4.78, 5) is 10.1. The average Bonchev–Trinajstić information content (AvgIpc) is 3.44. The van der Waals surface area contributed by atoms with Gasteiger partial charge in [0.1, 0.15) is 5.76 Å². The van der Waals surface area contributed by atoms with Crippen molar-refractivity contribution in [3.8, 4) is 0 Å². The third kappa shape index (κ3) is 7.41. The van der Waals surface area contributed by atoms with Gasteiger partial charge in [-0.2, -0.15) is 0 Å². The Labute approximate surface area is 198 Å². The lowest BCUT2D eigenvalue weighted by molar-refractivity contribution is 0.0223. The third-order valence-corrected chi connectivity index (χ3v) is 6.50. The minimum Gasteiger partial charge on any atom is -0.469 e. The van der Waals surface area contributed by atoms with Crippen LogP contribution in [0.2, 0.25) is 0 Å². The zero-order valence-corrected chi connectivity index (χ0v) is 20.6. The molecule has 4 rings (SSSR count). The summed E-state index contributed by atoms with van der Waals surface area (Å²) >= 11 is 0. The fraction of sp³-hybridized carbons (Fsp3) is 0.783. The van der Waals surface area contributed by atoms with E-state index in [4.69, 9.17) is 14.1 Å². The van der Waals surface area contributed by atoms with Crippen molar-refractivity contribution < 1.29 is 9.15 Å². The zero-order chi connectivity index (χ0) is 19.7. The summed E-state index contributed by atoms with van der Waals surface area (Å²) in [7, 11) is 0. The highest BCUT2D eigenvalue weighted by molar-refractivity contribution is 14.0. The van der Waals surface area contributed by atoms with E-state index in [0.717, 1.165) is 63.3 Å². The van der Waals surface area contributed by atoms with E-state index in [1.165, 1.54) is 58.2 Å². The van der Waals surface area contributed by atoms with Crippen LogP contribution >= 0.6 is 24.0 Å². The van der Waals surface area contributed by atoms with E-state index >= 15 is 0 Å². The SMILES string of the molecule is I.c1coc(CCNC(=NCC2CCCCO2)N2CCC(CN3CCCCC3)C2)c1. The molecule has 0 spiro atoms. The largest absolute Gasteiger partial charge is 0.469 e. The maximum atomic E-state index is 5.90. The lowest BCUT2D eigenvalue weighted by Gasteiger charge is -2.29. The highest BCUT2D eigenvalue weighted by atomic mass is 127. The summed E-state index contributed by atoms with van der Waals surface area (Å²) in [5, 5.41) is 3.61. The van der Waals surface area contributed by atoms with Gasteiger partial charge in [0, 0.05) is 39.2 Å². The maximum absolute atomic E-state index is 5.90. The molecule has 0 aromatic carbocycles. The summed E-state index contributed by atoms with van der Waals surface area (Å²) in [6.07, 6.45) is 12.0. The van der Waals surface area contributed by atoms with Crippen LogP contribution in [0.4, 0.5) is 0 Å². The lowest BCUT2D eigenvalue weighted by Crippen LogP contribution is -2.42. The van der Waals surface area contributed by atoms with E-state index in [2.05, 4.69) is 15.1 Å². The van der Waals surface area contributed by atoms with Gasteiger partial charge in [-0.3, -0.25) is 4.99 Å². The first-order valence-electron chi connectivity index (χ1n) is 11.8. The van der Waals surface area contributed by atoms with Crippen LogP contribution in [0, 0.1) is 5.92 Å². The highest BCUT2D eigenvalue weighted by Crippen LogP contribution is 2.20. The van der Waals surface area contributed by atoms with Crippen LogP contribution in [-0.4, -0.2) is 74.3 Å². The summed E-state index contributed by atoms with van der Waals surface area (Å²) in [6.45, 7) is 8.58. The minimum absolute atomic E-state index is 0. The number of halogens is 1. The summed E-state index contributed by atoms with van der Waals surface area (Å²) in [5.74, 6) is 2.85. The number of rotatable bonds is 7. The topological polar surface area (TPSA) is 53.2 Å². The van der Waals surface area contributed by atoms with E-state index in [1.807, 2.05) is 12.1 Å². The van der Waals surface area contributed by atoms with Gasteiger partial charge in [-0.1, -0.05) is 6.42 Å². The molecule has 0 aliphatic carbocycles. The third-order valence-electron chi connectivity index (χ3n) is 6.50. The van der Waals surface area contributed by atoms with Crippen LogP contribution < -0.4 is 5.32 Å². The molecule has 7 heteroatoms. The molecule has 1 N–H and O–H groups in total. The van der Waals surface area contributed by atoms with Gasteiger partial charge in [0.05, 0.1) is 18.9 Å². The Bertz CT molecular complexity index is 613. The van der Waals surface area contributed by atoms with Crippen molar-refractivity contribution in [1.82, 2.24) is 15.1 Å². The second-order valence-electron chi connectivity index (χ2n) is 8.87. The van der Waals surface area contributed by atoms with Crippen molar-refractivity contribution in [1.29, 1.82) is 0 Å². The van der Waals surface area contributed by atoms with Gasteiger partial charge in [-0.15, -0.1) is 24.0 Å². The summed E-state index contributed by atoms with van der Waals surface area (Å²) in [5.41, 5.74) is 0. The van der Waals surface area contributed by atoms with Crippen LogP contribution in [0.25, 0.3) is 0 Å².